The van der Waals surface area contributed by atoms with Crippen LogP contribution in [-0.2, 0) is 19.7 Å². The molecule has 5 heteroatoms. The van der Waals surface area contributed by atoms with E-state index < -0.39 is 17.4 Å². The molecule has 2 N–H and O–H groups in total. The molecule has 1 aromatic carbocycles. The summed E-state index contributed by atoms with van der Waals surface area (Å²) in [5, 5.41) is 12.2. The predicted octanol–water partition coefficient (Wildman–Crippen LogP) is 2.66. The summed E-state index contributed by atoms with van der Waals surface area (Å²) in [7, 11) is 0. The van der Waals surface area contributed by atoms with E-state index in [9.17, 15) is 14.7 Å². The fraction of sp³-hybridized carbons (Fsp3) is 0.579. The van der Waals surface area contributed by atoms with E-state index in [4.69, 9.17) is 4.74 Å². The Hall–Kier alpha value is -1.88. The third kappa shape index (κ3) is 3.96. The summed E-state index contributed by atoms with van der Waals surface area (Å²) in [4.78, 5) is 24.7. The van der Waals surface area contributed by atoms with Crippen LogP contribution in [0.5, 0.6) is 0 Å². The van der Waals surface area contributed by atoms with Crippen LogP contribution in [0.4, 0.5) is 0 Å². The summed E-state index contributed by atoms with van der Waals surface area (Å²) < 4.78 is 5.46. The molecule has 1 atom stereocenters. The maximum Gasteiger partial charge on any atom is 0.326 e. The molecule has 132 valence electrons. The van der Waals surface area contributed by atoms with Crippen molar-refractivity contribution in [3.05, 3.63) is 35.4 Å². The average molecular weight is 333 g/mol. The number of aliphatic carboxylic acids is 1. The molecule has 1 amide bonds. The third-order valence-electron chi connectivity index (χ3n) is 4.75. The van der Waals surface area contributed by atoms with E-state index in [1.807, 2.05) is 45.0 Å². The van der Waals surface area contributed by atoms with Gasteiger partial charge in [-0.2, -0.15) is 0 Å². The van der Waals surface area contributed by atoms with Crippen LogP contribution in [0, 0.1) is 12.8 Å². The number of carboxylic acids is 1. The smallest absolute Gasteiger partial charge is 0.326 e. The Balaban J connectivity index is 2.32. The van der Waals surface area contributed by atoms with Gasteiger partial charge in [-0.05, 0) is 43.2 Å². The molecule has 0 bridgehead atoms. The van der Waals surface area contributed by atoms with Gasteiger partial charge in [-0.3, -0.25) is 4.79 Å². The standard InChI is InChI=1S/C19H27NO4/c1-13(2)12-16(17(21)22)20-18(23)19(8-10-24-11-9-19)15-7-5-4-6-14(15)3/h4-7,13,16H,8-12H2,1-3H3,(H,20,23)(H,21,22)/t16-/m1/s1. The molecule has 24 heavy (non-hydrogen) atoms. The van der Waals surface area contributed by atoms with Gasteiger partial charge in [0.15, 0.2) is 0 Å². The van der Waals surface area contributed by atoms with Gasteiger partial charge in [-0.15, -0.1) is 0 Å². The molecule has 0 spiro atoms. The van der Waals surface area contributed by atoms with Crippen molar-refractivity contribution in [1.29, 1.82) is 0 Å². The molecule has 0 aliphatic carbocycles. The van der Waals surface area contributed by atoms with Crippen LogP contribution < -0.4 is 5.32 Å². The van der Waals surface area contributed by atoms with Crippen molar-refractivity contribution in [2.45, 2.75) is 51.5 Å². The number of hydrogen-bond acceptors (Lipinski definition) is 3. The first-order valence-corrected chi connectivity index (χ1v) is 8.54. The van der Waals surface area contributed by atoms with E-state index in [1.54, 1.807) is 0 Å². The molecule has 0 radical (unpaired) electrons. The lowest BCUT2D eigenvalue weighted by atomic mass is 9.71. The van der Waals surface area contributed by atoms with Gasteiger partial charge in [0, 0.05) is 13.2 Å². The lowest BCUT2D eigenvalue weighted by Gasteiger charge is -2.38. The second-order valence-corrected chi connectivity index (χ2v) is 7.00. The largest absolute Gasteiger partial charge is 0.480 e. The maximum absolute atomic E-state index is 13.1. The lowest BCUT2D eigenvalue weighted by molar-refractivity contribution is -0.144. The van der Waals surface area contributed by atoms with Crippen LogP contribution >= 0.6 is 0 Å². The number of hydrogen-bond donors (Lipinski definition) is 2. The van der Waals surface area contributed by atoms with E-state index in [0.29, 0.717) is 32.5 Å². The Kier molecular flexibility index (Phi) is 5.99. The Morgan fingerprint density at radius 2 is 1.88 bits per heavy atom. The number of ether oxygens (including phenoxy) is 1. The maximum atomic E-state index is 13.1. The molecule has 1 saturated heterocycles. The molecular weight excluding hydrogens is 306 g/mol. The average Bonchev–Trinajstić information content (AvgIpc) is 2.54. The minimum Gasteiger partial charge on any atom is -0.480 e. The van der Waals surface area contributed by atoms with Gasteiger partial charge in [-0.1, -0.05) is 38.1 Å². The quantitative estimate of drug-likeness (QED) is 0.839. The number of rotatable bonds is 6. The van der Waals surface area contributed by atoms with E-state index in [-0.39, 0.29) is 11.8 Å². The van der Waals surface area contributed by atoms with Gasteiger partial charge in [-0.25, -0.2) is 4.79 Å². The minimum atomic E-state index is -0.982. The van der Waals surface area contributed by atoms with E-state index >= 15 is 0 Å². The summed E-state index contributed by atoms with van der Waals surface area (Å²) >= 11 is 0. The predicted molar refractivity (Wildman–Crippen MR) is 91.9 cm³/mol. The van der Waals surface area contributed by atoms with Crippen molar-refractivity contribution in [3.63, 3.8) is 0 Å². The van der Waals surface area contributed by atoms with Gasteiger partial charge in [0.25, 0.3) is 0 Å². The fourth-order valence-electron chi connectivity index (χ4n) is 3.44. The Morgan fingerprint density at radius 1 is 1.25 bits per heavy atom. The molecular formula is C19H27NO4. The summed E-state index contributed by atoms with van der Waals surface area (Å²) in [6, 6.07) is 6.97. The third-order valence-corrected chi connectivity index (χ3v) is 4.75. The number of carbonyl (C=O) groups is 2. The Bertz CT molecular complexity index is 591. The number of nitrogens with one attached hydrogen (secondary N) is 1. The van der Waals surface area contributed by atoms with Gasteiger partial charge in [0.05, 0.1) is 5.41 Å². The first-order valence-electron chi connectivity index (χ1n) is 8.54. The van der Waals surface area contributed by atoms with Crippen LogP contribution in [0.25, 0.3) is 0 Å². The molecule has 5 nitrogen and oxygen atoms in total. The number of amides is 1. The molecule has 0 aromatic heterocycles. The molecule has 1 fully saturated rings. The molecule has 1 aliphatic rings. The van der Waals surface area contributed by atoms with Crippen molar-refractivity contribution in [2.75, 3.05) is 13.2 Å². The number of carboxylic acid groups (broad SMARTS) is 1. The second kappa shape index (κ2) is 7.79. The SMILES string of the molecule is Cc1ccccc1C1(C(=O)N[C@H](CC(C)C)C(=O)O)CCOCC1. The van der Waals surface area contributed by atoms with Crippen molar-refractivity contribution in [2.24, 2.45) is 5.92 Å². The van der Waals surface area contributed by atoms with Crippen molar-refractivity contribution in [3.8, 4) is 0 Å². The van der Waals surface area contributed by atoms with Gasteiger partial charge < -0.3 is 15.2 Å². The highest BCUT2D eigenvalue weighted by Crippen LogP contribution is 2.37. The summed E-state index contributed by atoms with van der Waals surface area (Å²) in [6.07, 6.45) is 1.55. The summed E-state index contributed by atoms with van der Waals surface area (Å²) in [5.74, 6) is -0.993. The van der Waals surface area contributed by atoms with Crippen LogP contribution in [0.1, 0.15) is 44.2 Å². The molecule has 1 heterocycles. The van der Waals surface area contributed by atoms with Gasteiger partial charge in [0.1, 0.15) is 6.04 Å². The molecule has 2 rings (SSSR count). The van der Waals surface area contributed by atoms with Crippen molar-refractivity contribution >= 4 is 11.9 Å². The zero-order valence-corrected chi connectivity index (χ0v) is 14.7. The highest BCUT2D eigenvalue weighted by Gasteiger charge is 2.43. The normalized spacial score (nSPS) is 18.2. The molecule has 0 unspecified atom stereocenters. The zero-order chi connectivity index (χ0) is 17.7. The topological polar surface area (TPSA) is 75.6 Å². The van der Waals surface area contributed by atoms with Gasteiger partial charge >= 0.3 is 5.97 Å². The lowest BCUT2D eigenvalue weighted by Crippen LogP contribution is -2.53. The Morgan fingerprint density at radius 3 is 2.42 bits per heavy atom. The highest BCUT2D eigenvalue weighted by atomic mass is 16.5. The highest BCUT2D eigenvalue weighted by molar-refractivity contribution is 5.92. The van der Waals surface area contributed by atoms with E-state index in [1.165, 1.54) is 0 Å². The minimum absolute atomic E-state index is 0.190. The van der Waals surface area contributed by atoms with Crippen molar-refractivity contribution < 1.29 is 19.4 Å². The summed E-state index contributed by atoms with van der Waals surface area (Å²) in [6.45, 7) is 6.90. The second-order valence-electron chi connectivity index (χ2n) is 7.00. The molecule has 0 saturated carbocycles. The zero-order valence-electron chi connectivity index (χ0n) is 14.7. The monoisotopic (exact) mass is 333 g/mol. The van der Waals surface area contributed by atoms with Crippen LogP contribution in [-0.4, -0.2) is 36.2 Å². The van der Waals surface area contributed by atoms with Crippen LogP contribution in [0.15, 0.2) is 24.3 Å². The molecule has 1 aromatic rings. The van der Waals surface area contributed by atoms with Gasteiger partial charge in [0.2, 0.25) is 5.91 Å². The van der Waals surface area contributed by atoms with Crippen molar-refractivity contribution in [1.82, 2.24) is 5.32 Å². The first-order chi connectivity index (χ1) is 11.4. The number of carbonyl (C=O) groups excluding carboxylic acids is 1. The van der Waals surface area contributed by atoms with Crippen LogP contribution in [0.3, 0.4) is 0 Å². The number of aryl methyl sites for hydroxylation is 1. The van der Waals surface area contributed by atoms with E-state index in [2.05, 4.69) is 5.32 Å². The Labute approximate surface area is 143 Å². The number of benzene rings is 1. The first kappa shape index (κ1) is 18.5. The fourth-order valence-corrected chi connectivity index (χ4v) is 3.44. The summed E-state index contributed by atoms with van der Waals surface area (Å²) in [5.41, 5.74) is 1.30. The van der Waals surface area contributed by atoms with Crippen LogP contribution in [0.2, 0.25) is 0 Å². The van der Waals surface area contributed by atoms with E-state index in [0.717, 1.165) is 11.1 Å². The molecule has 1 aliphatic heterocycles.